The highest BCUT2D eigenvalue weighted by Gasteiger charge is 2.28. The molecule has 0 bridgehead atoms. The fourth-order valence-electron chi connectivity index (χ4n) is 3.46. The van der Waals surface area contributed by atoms with E-state index in [2.05, 4.69) is 20.4 Å². The van der Waals surface area contributed by atoms with Gasteiger partial charge in [0.15, 0.2) is 0 Å². The van der Waals surface area contributed by atoms with Gasteiger partial charge in [-0.25, -0.2) is 0 Å². The lowest BCUT2D eigenvalue weighted by molar-refractivity contribution is 0.0909. The second-order valence-corrected chi connectivity index (χ2v) is 6.82. The van der Waals surface area contributed by atoms with E-state index in [0.29, 0.717) is 18.2 Å². The van der Waals surface area contributed by atoms with Crippen molar-refractivity contribution in [2.45, 2.75) is 44.1 Å². The molecular weight excluding hydrogens is 304 g/mol. The third-order valence-electron chi connectivity index (χ3n) is 5.01. The largest absolute Gasteiger partial charge is 0.468 e. The van der Waals surface area contributed by atoms with Crippen LogP contribution in [0.5, 0.6) is 0 Å². The number of amides is 1. The third-order valence-corrected chi connectivity index (χ3v) is 5.01. The Labute approximate surface area is 141 Å². The lowest BCUT2D eigenvalue weighted by Crippen LogP contribution is -2.40. The fourth-order valence-corrected chi connectivity index (χ4v) is 3.46. The Kier molecular flexibility index (Phi) is 4.38. The first kappa shape index (κ1) is 15.4. The summed E-state index contributed by atoms with van der Waals surface area (Å²) < 4.78 is 5.62. The lowest BCUT2D eigenvalue weighted by Gasteiger charge is -2.33. The molecule has 2 N–H and O–H groups in total. The van der Waals surface area contributed by atoms with E-state index in [-0.39, 0.29) is 11.9 Å². The molecule has 1 saturated carbocycles. The van der Waals surface area contributed by atoms with Crippen LogP contribution in [-0.2, 0) is 0 Å². The summed E-state index contributed by atoms with van der Waals surface area (Å²) in [6.07, 6.45) is 7.77. The van der Waals surface area contributed by atoms with Crippen molar-refractivity contribution in [3.63, 3.8) is 0 Å². The van der Waals surface area contributed by atoms with E-state index in [9.17, 15) is 4.79 Å². The van der Waals surface area contributed by atoms with E-state index in [0.717, 1.165) is 24.5 Å². The lowest BCUT2D eigenvalue weighted by atomic mass is 10.1. The summed E-state index contributed by atoms with van der Waals surface area (Å²) >= 11 is 0. The zero-order chi connectivity index (χ0) is 16.4. The number of aromatic nitrogens is 2. The van der Waals surface area contributed by atoms with Crippen molar-refractivity contribution >= 4 is 5.91 Å². The van der Waals surface area contributed by atoms with Crippen LogP contribution >= 0.6 is 0 Å². The van der Waals surface area contributed by atoms with Gasteiger partial charge in [0, 0.05) is 18.2 Å². The van der Waals surface area contributed by atoms with Crippen LogP contribution in [0.3, 0.4) is 0 Å². The molecule has 24 heavy (non-hydrogen) atoms. The average Bonchev–Trinajstić information content (AvgIpc) is 3.12. The molecule has 1 aliphatic heterocycles. The minimum absolute atomic E-state index is 0.0890. The number of H-pyrrole nitrogens is 1. The Hall–Kier alpha value is -2.08. The average molecular weight is 328 g/mol. The molecule has 0 radical (unpaired) electrons. The quantitative estimate of drug-likeness (QED) is 0.855. The van der Waals surface area contributed by atoms with E-state index in [4.69, 9.17) is 4.42 Å². The van der Waals surface area contributed by atoms with Crippen molar-refractivity contribution in [2.75, 3.05) is 19.6 Å². The van der Waals surface area contributed by atoms with Gasteiger partial charge in [-0.2, -0.15) is 5.10 Å². The monoisotopic (exact) mass is 328 g/mol. The number of likely N-dealkylation sites (tertiary alicyclic amines) is 1. The summed E-state index contributed by atoms with van der Waals surface area (Å²) in [5, 5.41) is 10.2. The van der Waals surface area contributed by atoms with E-state index in [1.807, 2.05) is 18.2 Å². The molecule has 1 amide bonds. The Morgan fingerprint density at radius 3 is 2.92 bits per heavy atom. The van der Waals surface area contributed by atoms with Crippen LogP contribution in [0.2, 0.25) is 0 Å². The molecule has 4 rings (SSSR count). The second kappa shape index (κ2) is 6.81. The van der Waals surface area contributed by atoms with Gasteiger partial charge in [0.2, 0.25) is 0 Å². The van der Waals surface area contributed by atoms with Gasteiger partial charge in [-0.05, 0) is 57.0 Å². The van der Waals surface area contributed by atoms with Crippen molar-refractivity contribution in [3.8, 4) is 0 Å². The van der Waals surface area contributed by atoms with Crippen molar-refractivity contribution in [3.05, 3.63) is 41.6 Å². The number of carbonyl (C=O) groups is 1. The molecule has 2 aliphatic rings. The number of carbonyl (C=O) groups excluding carboxylic acids is 1. The molecule has 6 nitrogen and oxygen atoms in total. The number of rotatable bonds is 6. The molecule has 0 unspecified atom stereocenters. The zero-order valence-corrected chi connectivity index (χ0v) is 13.8. The van der Waals surface area contributed by atoms with Gasteiger partial charge in [0.05, 0.1) is 12.3 Å². The number of aromatic amines is 1. The first-order chi connectivity index (χ1) is 11.8. The molecule has 128 valence electrons. The zero-order valence-electron chi connectivity index (χ0n) is 13.8. The van der Waals surface area contributed by atoms with Crippen LogP contribution in [0.15, 0.2) is 28.9 Å². The summed E-state index contributed by atoms with van der Waals surface area (Å²) in [4.78, 5) is 14.8. The van der Waals surface area contributed by atoms with Crippen LogP contribution in [0, 0.1) is 0 Å². The van der Waals surface area contributed by atoms with Crippen LogP contribution < -0.4 is 5.32 Å². The van der Waals surface area contributed by atoms with Crippen molar-refractivity contribution in [2.24, 2.45) is 0 Å². The van der Waals surface area contributed by atoms with Crippen molar-refractivity contribution in [1.82, 2.24) is 20.4 Å². The van der Waals surface area contributed by atoms with E-state index < -0.39 is 0 Å². The molecule has 6 heteroatoms. The predicted octanol–water partition coefficient (Wildman–Crippen LogP) is 2.84. The Balaban J connectivity index is 1.41. The number of nitrogens with one attached hydrogen (secondary N) is 2. The molecule has 3 heterocycles. The second-order valence-electron chi connectivity index (χ2n) is 6.82. The maximum atomic E-state index is 12.4. The summed E-state index contributed by atoms with van der Waals surface area (Å²) in [6.45, 7) is 2.64. The normalized spacial score (nSPS) is 20.0. The van der Waals surface area contributed by atoms with Crippen molar-refractivity contribution < 1.29 is 9.21 Å². The maximum absolute atomic E-state index is 12.4. The van der Waals surface area contributed by atoms with Gasteiger partial charge in [-0.1, -0.05) is 6.42 Å². The highest BCUT2D eigenvalue weighted by molar-refractivity contribution is 5.92. The summed E-state index contributed by atoms with van der Waals surface area (Å²) in [5.41, 5.74) is 1.56. The van der Waals surface area contributed by atoms with Gasteiger partial charge in [0.1, 0.15) is 11.5 Å². The molecule has 0 spiro atoms. The third kappa shape index (κ3) is 3.38. The number of piperidine rings is 1. The predicted molar refractivity (Wildman–Crippen MR) is 89.8 cm³/mol. The highest BCUT2D eigenvalue weighted by atomic mass is 16.3. The molecular formula is C18H24N4O2. The molecule has 1 saturated heterocycles. The Morgan fingerprint density at radius 1 is 1.38 bits per heavy atom. The molecule has 1 aliphatic carbocycles. The van der Waals surface area contributed by atoms with E-state index in [1.54, 1.807) is 6.26 Å². The van der Waals surface area contributed by atoms with Crippen LogP contribution in [-0.4, -0.2) is 40.6 Å². The molecule has 0 aromatic carbocycles. The fraction of sp³-hybridized carbons (Fsp3) is 0.556. The summed E-state index contributed by atoms with van der Waals surface area (Å²) in [7, 11) is 0. The molecule has 2 fully saturated rings. The summed E-state index contributed by atoms with van der Waals surface area (Å²) in [5.74, 6) is 1.37. The molecule has 2 aromatic heterocycles. The van der Waals surface area contributed by atoms with Crippen LogP contribution in [0.4, 0.5) is 0 Å². The van der Waals surface area contributed by atoms with Gasteiger partial charge >= 0.3 is 0 Å². The topological polar surface area (TPSA) is 74.2 Å². The summed E-state index contributed by atoms with van der Waals surface area (Å²) in [6, 6.07) is 5.87. The molecule has 1 atom stereocenters. The first-order valence-corrected chi connectivity index (χ1v) is 8.92. The minimum Gasteiger partial charge on any atom is -0.468 e. The minimum atomic E-state index is -0.119. The Bertz CT molecular complexity index is 669. The van der Waals surface area contributed by atoms with Crippen molar-refractivity contribution in [1.29, 1.82) is 0 Å². The number of nitrogens with zero attached hydrogens (tertiary/aromatic N) is 2. The van der Waals surface area contributed by atoms with E-state index in [1.165, 1.54) is 32.1 Å². The van der Waals surface area contributed by atoms with E-state index >= 15 is 0 Å². The van der Waals surface area contributed by atoms with Gasteiger partial charge in [-0.15, -0.1) is 0 Å². The van der Waals surface area contributed by atoms with Gasteiger partial charge in [0.25, 0.3) is 5.91 Å². The highest BCUT2D eigenvalue weighted by Crippen LogP contribution is 2.39. The SMILES string of the molecule is O=C(NC[C@@H](c1ccco1)N1CCCCC1)c1cc(C2CC2)[nH]n1. The molecule has 2 aromatic rings. The number of hydrogen-bond acceptors (Lipinski definition) is 4. The number of furan rings is 1. The Morgan fingerprint density at radius 2 is 2.21 bits per heavy atom. The smallest absolute Gasteiger partial charge is 0.271 e. The van der Waals surface area contributed by atoms with Crippen LogP contribution in [0.1, 0.15) is 66.0 Å². The van der Waals surface area contributed by atoms with Gasteiger partial charge in [-0.3, -0.25) is 14.8 Å². The first-order valence-electron chi connectivity index (χ1n) is 8.92. The standard InChI is InChI=1S/C18H24N4O2/c23-18(15-11-14(20-21-15)13-6-7-13)19-12-16(17-5-4-10-24-17)22-8-2-1-3-9-22/h4-5,10-11,13,16H,1-3,6-9,12H2,(H,19,23)(H,20,21)/t16-/m0/s1. The van der Waals surface area contributed by atoms with Gasteiger partial charge < -0.3 is 9.73 Å². The maximum Gasteiger partial charge on any atom is 0.271 e. The number of hydrogen-bond donors (Lipinski definition) is 2. The van der Waals surface area contributed by atoms with Crippen LogP contribution in [0.25, 0.3) is 0 Å².